The van der Waals surface area contributed by atoms with Crippen molar-refractivity contribution in [3.05, 3.63) is 24.2 Å². The Hall–Kier alpha value is -0.800. The van der Waals surface area contributed by atoms with Crippen LogP contribution in [0.1, 0.15) is 33.5 Å². The first-order chi connectivity index (χ1) is 7.45. The van der Waals surface area contributed by atoms with Gasteiger partial charge in [-0.15, -0.1) is 0 Å². The van der Waals surface area contributed by atoms with Gasteiger partial charge in [0, 0.05) is 12.6 Å². The van der Waals surface area contributed by atoms with Crippen molar-refractivity contribution in [3.63, 3.8) is 0 Å². The molecule has 1 aromatic heterocycles. The van der Waals surface area contributed by atoms with Crippen LogP contribution in [0.2, 0.25) is 0 Å². The second-order valence-corrected chi connectivity index (χ2v) is 5.16. The van der Waals surface area contributed by atoms with Gasteiger partial charge in [0.15, 0.2) is 0 Å². The normalized spacial score (nSPS) is 14.4. The summed E-state index contributed by atoms with van der Waals surface area (Å²) in [5.41, 5.74) is 6.12. The van der Waals surface area contributed by atoms with Crippen LogP contribution in [0.15, 0.2) is 22.8 Å². The molecule has 0 bridgehead atoms. The lowest BCUT2D eigenvalue weighted by Gasteiger charge is -2.34. The second-order valence-electron chi connectivity index (χ2n) is 5.16. The van der Waals surface area contributed by atoms with Crippen molar-refractivity contribution < 1.29 is 4.42 Å². The lowest BCUT2D eigenvalue weighted by molar-refractivity contribution is 0.149. The van der Waals surface area contributed by atoms with Gasteiger partial charge < -0.3 is 10.2 Å². The predicted octanol–water partition coefficient (Wildman–Crippen LogP) is 2.47. The van der Waals surface area contributed by atoms with Gasteiger partial charge in [0.1, 0.15) is 5.76 Å². The van der Waals surface area contributed by atoms with E-state index in [0.29, 0.717) is 0 Å². The highest BCUT2D eigenvalue weighted by atomic mass is 16.3. The van der Waals surface area contributed by atoms with Crippen molar-refractivity contribution in [2.45, 2.75) is 40.3 Å². The Kier molecular flexibility index (Phi) is 4.56. The molecule has 1 rings (SSSR count). The smallest absolute Gasteiger partial charge is 0.117 e. The van der Waals surface area contributed by atoms with Gasteiger partial charge in [-0.05, 0) is 31.0 Å². The molecule has 92 valence electrons. The SMILES string of the molecule is CCN(Cc1ccco1)CC(C)(C)C(C)N. The lowest BCUT2D eigenvalue weighted by Crippen LogP contribution is -2.44. The molecule has 0 aliphatic rings. The third-order valence-electron chi connectivity index (χ3n) is 3.27. The molecule has 0 fully saturated rings. The zero-order valence-corrected chi connectivity index (χ0v) is 10.9. The van der Waals surface area contributed by atoms with Crippen LogP contribution in [0.5, 0.6) is 0 Å². The summed E-state index contributed by atoms with van der Waals surface area (Å²) >= 11 is 0. The number of nitrogens with two attached hydrogens (primary N) is 1. The van der Waals surface area contributed by atoms with Crippen LogP contribution >= 0.6 is 0 Å². The number of rotatable bonds is 6. The molecule has 0 spiro atoms. The third kappa shape index (κ3) is 3.65. The molecule has 16 heavy (non-hydrogen) atoms. The number of hydrogen-bond donors (Lipinski definition) is 1. The molecule has 1 atom stereocenters. The molecule has 0 amide bonds. The fourth-order valence-corrected chi connectivity index (χ4v) is 1.62. The largest absolute Gasteiger partial charge is 0.468 e. The summed E-state index contributed by atoms with van der Waals surface area (Å²) in [6.07, 6.45) is 1.72. The van der Waals surface area contributed by atoms with Gasteiger partial charge in [-0.1, -0.05) is 20.8 Å². The van der Waals surface area contributed by atoms with Crippen molar-refractivity contribution in [1.29, 1.82) is 0 Å². The van der Waals surface area contributed by atoms with E-state index in [0.717, 1.165) is 25.4 Å². The van der Waals surface area contributed by atoms with E-state index in [4.69, 9.17) is 10.2 Å². The van der Waals surface area contributed by atoms with Crippen LogP contribution in [0.3, 0.4) is 0 Å². The Bertz CT molecular complexity index is 291. The van der Waals surface area contributed by atoms with Gasteiger partial charge in [-0.3, -0.25) is 4.90 Å². The monoisotopic (exact) mass is 224 g/mol. The summed E-state index contributed by atoms with van der Waals surface area (Å²) in [4.78, 5) is 2.36. The summed E-state index contributed by atoms with van der Waals surface area (Å²) in [5.74, 6) is 1.02. The Morgan fingerprint density at radius 3 is 2.62 bits per heavy atom. The van der Waals surface area contributed by atoms with Crippen LogP contribution in [-0.2, 0) is 6.54 Å². The maximum Gasteiger partial charge on any atom is 0.117 e. The predicted molar refractivity (Wildman–Crippen MR) is 67.1 cm³/mol. The Morgan fingerprint density at radius 2 is 2.19 bits per heavy atom. The first-order valence-electron chi connectivity index (χ1n) is 5.96. The molecule has 2 N–H and O–H groups in total. The Morgan fingerprint density at radius 1 is 1.50 bits per heavy atom. The van der Waals surface area contributed by atoms with Gasteiger partial charge in [0.05, 0.1) is 12.8 Å². The molecule has 3 heteroatoms. The minimum absolute atomic E-state index is 0.128. The summed E-state index contributed by atoms with van der Waals surface area (Å²) in [7, 11) is 0. The third-order valence-corrected chi connectivity index (χ3v) is 3.27. The number of hydrogen-bond acceptors (Lipinski definition) is 3. The van der Waals surface area contributed by atoms with Crippen LogP contribution in [0, 0.1) is 5.41 Å². The van der Waals surface area contributed by atoms with Gasteiger partial charge in [-0.25, -0.2) is 0 Å². The Labute approximate surface area is 98.6 Å². The van der Waals surface area contributed by atoms with Gasteiger partial charge in [0.25, 0.3) is 0 Å². The lowest BCUT2D eigenvalue weighted by atomic mass is 9.85. The average molecular weight is 224 g/mol. The van der Waals surface area contributed by atoms with Crippen LogP contribution in [0.4, 0.5) is 0 Å². The second kappa shape index (κ2) is 5.51. The maximum atomic E-state index is 6.00. The first-order valence-corrected chi connectivity index (χ1v) is 5.96. The van der Waals surface area contributed by atoms with Crippen molar-refractivity contribution in [2.24, 2.45) is 11.1 Å². The molecule has 0 saturated carbocycles. The molecule has 1 heterocycles. The summed E-state index contributed by atoms with van der Waals surface area (Å²) in [5, 5.41) is 0. The fourth-order valence-electron chi connectivity index (χ4n) is 1.62. The fraction of sp³-hybridized carbons (Fsp3) is 0.692. The van der Waals surface area contributed by atoms with E-state index >= 15 is 0 Å². The van der Waals surface area contributed by atoms with Crippen molar-refractivity contribution >= 4 is 0 Å². The quantitative estimate of drug-likeness (QED) is 0.807. The van der Waals surface area contributed by atoms with E-state index in [2.05, 4.69) is 32.6 Å². The molecule has 0 aromatic carbocycles. The summed E-state index contributed by atoms with van der Waals surface area (Å²) in [6, 6.07) is 4.14. The molecule has 0 aliphatic carbocycles. The molecule has 0 radical (unpaired) electrons. The average Bonchev–Trinajstić information content (AvgIpc) is 2.68. The number of nitrogens with zero attached hydrogens (tertiary/aromatic N) is 1. The molecule has 1 aromatic rings. The van der Waals surface area contributed by atoms with Gasteiger partial charge in [-0.2, -0.15) is 0 Å². The molecule has 1 unspecified atom stereocenters. The van der Waals surface area contributed by atoms with Crippen LogP contribution in [0.25, 0.3) is 0 Å². The minimum atomic E-state index is 0.128. The zero-order chi connectivity index (χ0) is 12.2. The topological polar surface area (TPSA) is 42.4 Å². The molecule has 3 nitrogen and oxygen atoms in total. The molecule has 0 saturated heterocycles. The van der Waals surface area contributed by atoms with Crippen LogP contribution in [-0.4, -0.2) is 24.0 Å². The highest BCUT2D eigenvalue weighted by Gasteiger charge is 2.25. The van der Waals surface area contributed by atoms with E-state index in [1.807, 2.05) is 12.1 Å². The van der Waals surface area contributed by atoms with E-state index in [1.165, 1.54) is 0 Å². The van der Waals surface area contributed by atoms with Crippen LogP contribution < -0.4 is 5.73 Å². The molecule has 0 aliphatic heterocycles. The molecular formula is C13H24N2O. The van der Waals surface area contributed by atoms with E-state index in [1.54, 1.807) is 6.26 Å². The highest BCUT2D eigenvalue weighted by Crippen LogP contribution is 2.21. The standard InChI is InChI=1S/C13H24N2O/c1-5-15(9-12-7-6-8-16-12)10-13(3,4)11(2)14/h6-8,11H,5,9-10,14H2,1-4H3. The van der Waals surface area contributed by atoms with E-state index < -0.39 is 0 Å². The van der Waals surface area contributed by atoms with E-state index in [9.17, 15) is 0 Å². The summed E-state index contributed by atoms with van der Waals surface area (Å²) < 4.78 is 5.37. The summed E-state index contributed by atoms with van der Waals surface area (Å²) in [6.45, 7) is 11.5. The van der Waals surface area contributed by atoms with Crippen molar-refractivity contribution in [3.8, 4) is 0 Å². The van der Waals surface area contributed by atoms with E-state index in [-0.39, 0.29) is 11.5 Å². The first kappa shape index (κ1) is 13.3. The molecular weight excluding hydrogens is 200 g/mol. The Balaban J connectivity index is 2.55. The maximum absolute atomic E-state index is 6.00. The number of furan rings is 1. The van der Waals surface area contributed by atoms with Gasteiger partial charge >= 0.3 is 0 Å². The van der Waals surface area contributed by atoms with Crippen molar-refractivity contribution in [2.75, 3.05) is 13.1 Å². The van der Waals surface area contributed by atoms with Crippen molar-refractivity contribution in [1.82, 2.24) is 4.90 Å². The van der Waals surface area contributed by atoms with Gasteiger partial charge in [0.2, 0.25) is 0 Å². The minimum Gasteiger partial charge on any atom is -0.468 e. The zero-order valence-electron chi connectivity index (χ0n) is 10.9. The highest BCUT2D eigenvalue weighted by molar-refractivity contribution is 4.98.